The third kappa shape index (κ3) is 2.54. The lowest BCUT2D eigenvalue weighted by Crippen LogP contribution is -2.24. The number of benzene rings is 1. The Balaban J connectivity index is 2.18. The van der Waals surface area contributed by atoms with E-state index in [1.54, 1.807) is 0 Å². The van der Waals surface area contributed by atoms with Crippen molar-refractivity contribution in [1.29, 1.82) is 0 Å². The molecule has 0 saturated carbocycles. The monoisotopic (exact) mass is 280 g/mol. The van der Waals surface area contributed by atoms with Crippen LogP contribution in [0.15, 0.2) is 42.7 Å². The number of hydrogen-bond donors (Lipinski definition) is 1. The van der Waals surface area contributed by atoms with Crippen molar-refractivity contribution in [2.45, 2.75) is 19.9 Å². The quantitative estimate of drug-likeness (QED) is 0.799. The predicted octanol–water partition coefficient (Wildman–Crippen LogP) is 2.98. The van der Waals surface area contributed by atoms with E-state index in [4.69, 9.17) is 0 Å². The van der Waals surface area contributed by atoms with E-state index >= 15 is 0 Å². The summed E-state index contributed by atoms with van der Waals surface area (Å²) in [6, 6.07) is 10.6. The zero-order chi connectivity index (χ0) is 14.8. The molecule has 0 radical (unpaired) electrons. The van der Waals surface area contributed by atoms with Gasteiger partial charge in [-0.25, -0.2) is 0 Å². The summed E-state index contributed by atoms with van der Waals surface area (Å²) in [4.78, 5) is 4.41. The fourth-order valence-electron chi connectivity index (χ4n) is 2.85. The highest BCUT2D eigenvalue weighted by atomic mass is 15.3. The van der Waals surface area contributed by atoms with Crippen molar-refractivity contribution in [1.82, 2.24) is 20.1 Å². The predicted molar refractivity (Wildman–Crippen MR) is 85.2 cm³/mol. The highest BCUT2D eigenvalue weighted by Crippen LogP contribution is 2.28. The third-order valence-corrected chi connectivity index (χ3v) is 3.75. The highest BCUT2D eigenvalue weighted by Gasteiger charge is 2.19. The fourth-order valence-corrected chi connectivity index (χ4v) is 2.85. The third-order valence-electron chi connectivity index (χ3n) is 3.75. The van der Waals surface area contributed by atoms with Gasteiger partial charge in [0.1, 0.15) is 0 Å². The fraction of sp³-hybridized carbons (Fsp3) is 0.294. The molecule has 108 valence electrons. The molecule has 0 aliphatic rings. The van der Waals surface area contributed by atoms with Gasteiger partial charge in [-0.3, -0.25) is 9.67 Å². The van der Waals surface area contributed by atoms with Gasteiger partial charge < -0.3 is 5.32 Å². The Hall–Kier alpha value is -2.20. The summed E-state index contributed by atoms with van der Waals surface area (Å²) in [6.45, 7) is 5.03. The van der Waals surface area contributed by atoms with Crippen LogP contribution in [-0.2, 0) is 7.05 Å². The standard InChI is InChI=1S/C17H20N4/c1-4-19-17(16-9-12(2)20-21(16)3)15-11-18-10-13-7-5-6-8-14(13)15/h5-11,17,19H,4H2,1-3H3. The largest absolute Gasteiger partial charge is 0.305 e. The van der Waals surface area contributed by atoms with Crippen LogP contribution in [-0.4, -0.2) is 21.3 Å². The van der Waals surface area contributed by atoms with E-state index in [2.05, 4.69) is 46.6 Å². The summed E-state index contributed by atoms with van der Waals surface area (Å²) in [6.07, 6.45) is 3.87. The Morgan fingerprint density at radius 2 is 2.05 bits per heavy atom. The number of aromatic nitrogens is 3. The molecule has 1 atom stereocenters. The summed E-state index contributed by atoms with van der Waals surface area (Å²) in [5.41, 5.74) is 3.38. The average molecular weight is 280 g/mol. The van der Waals surface area contributed by atoms with E-state index in [1.807, 2.05) is 37.1 Å². The Morgan fingerprint density at radius 1 is 1.24 bits per heavy atom. The van der Waals surface area contributed by atoms with E-state index in [0.717, 1.165) is 23.3 Å². The Labute approximate surface area is 124 Å². The normalized spacial score (nSPS) is 12.7. The Bertz CT molecular complexity index is 755. The number of aryl methyl sites for hydroxylation is 2. The van der Waals surface area contributed by atoms with Crippen LogP contribution < -0.4 is 5.32 Å². The topological polar surface area (TPSA) is 42.7 Å². The number of fused-ring (bicyclic) bond motifs is 1. The number of nitrogens with one attached hydrogen (secondary N) is 1. The van der Waals surface area contributed by atoms with Gasteiger partial charge >= 0.3 is 0 Å². The van der Waals surface area contributed by atoms with Crippen LogP contribution in [0.5, 0.6) is 0 Å². The summed E-state index contributed by atoms with van der Waals surface area (Å²) in [7, 11) is 1.99. The smallest absolute Gasteiger partial charge is 0.0769 e. The van der Waals surface area contributed by atoms with Crippen molar-refractivity contribution in [2.75, 3.05) is 6.54 Å². The number of nitrogens with zero attached hydrogens (tertiary/aromatic N) is 3. The molecule has 3 aromatic rings. The molecule has 0 spiro atoms. The molecular weight excluding hydrogens is 260 g/mol. The van der Waals surface area contributed by atoms with Crippen LogP contribution in [0, 0.1) is 6.92 Å². The second kappa shape index (κ2) is 5.66. The second-order valence-corrected chi connectivity index (χ2v) is 5.27. The molecule has 0 fully saturated rings. The van der Waals surface area contributed by atoms with Crippen molar-refractivity contribution < 1.29 is 0 Å². The average Bonchev–Trinajstić information content (AvgIpc) is 2.83. The van der Waals surface area contributed by atoms with Gasteiger partial charge in [0.25, 0.3) is 0 Å². The molecule has 1 aromatic carbocycles. The maximum absolute atomic E-state index is 4.48. The van der Waals surface area contributed by atoms with Crippen LogP contribution in [0.4, 0.5) is 0 Å². The first-order valence-electron chi connectivity index (χ1n) is 7.27. The van der Waals surface area contributed by atoms with Crippen LogP contribution in [0.2, 0.25) is 0 Å². The molecule has 0 amide bonds. The van der Waals surface area contributed by atoms with Crippen molar-refractivity contribution in [3.8, 4) is 0 Å². The van der Waals surface area contributed by atoms with Crippen molar-refractivity contribution in [3.05, 3.63) is 59.7 Å². The second-order valence-electron chi connectivity index (χ2n) is 5.27. The van der Waals surface area contributed by atoms with E-state index in [1.165, 1.54) is 10.9 Å². The van der Waals surface area contributed by atoms with Gasteiger partial charge in [-0.15, -0.1) is 0 Å². The van der Waals surface area contributed by atoms with Crippen LogP contribution >= 0.6 is 0 Å². The summed E-state index contributed by atoms with van der Waals surface area (Å²) < 4.78 is 1.95. The minimum absolute atomic E-state index is 0.0970. The minimum Gasteiger partial charge on any atom is -0.305 e. The molecule has 21 heavy (non-hydrogen) atoms. The Kier molecular flexibility index (Phi) is 3.71. The molecule has 0 bridgehead atoms. The number of rotatable bonds is 4. The molecule has 1 N–H and O–H groups in total. The van der Waals surface area contributed by atoms with Crippen LogP contribution in [0.3, 0.4) is 0 Å². The van der Waals surface area contributed by atoms with E-state index < -0.39 is 0 Å². The first-order chi connectivity index (χ1) is 10.2. The van der Waals surface area contributed by atoms with Crippen LogP contribution in [0.25, 0.3) is 10.8 Å². The molecular formula is C17H20N4. The van der Waals surface area contributed by atoms with Crippen molar-refractivity contribution in [2.24, 2.45) is 7.05 Å². The summed E-state index contributed by atoms with van der Waals surface area (Å²) >= 11 is 0. The molecule has 2 heterocycles. The van der Waals surface area contributed by atoms with Gasteiger partial charge in [0.2, 0.25) is 0 Å². The highest BCUT2D eigenvalue weighted by molar-refractivity contribution is 5.85. The maximum atomic E-state index is 4.48. The first kappa shape index (κ1) is 13.8. The molecule has 0 aliphatic carbocycles. The van der Waals surface area contributed by atoms with E-state index in [0.29, 0.717) is 0 Å². The van der Waals surface area contributed by atoms with E-state index in [9.17, 15) is 0 Å². The SMILES string of the molecule is CCNC(c1cncc2ccccc12)c1cc(C)nn1C. The lowest BCUT2D eigenvalue weighted by molar-refractivity contribution is 0.573. The molecule has 0 aliphatic heterocycles. The molecule has 1 unspecified atom stereocenters. The van der Waals surface area contributed by atoms with Gasteiger partial charge in [-0.05, 0) is 24.9 Å². The Morgan fingerprint density at radius 3 is 2.76 bits per heavy atom. The van der Waals surface area contributed by atoms with Gasteiger partial charge in [0.05, 0.1) is 17.4 Å². The van der Waals surface area contributed by atoms with Crippen LogP contribution in [0.1, 0.15) is 29.9 Å². The molecule has 0 saturated heterocycles. The first-order valence-corrected chi connectivity index (χ1v) is 7.27. The van der Waals surface area contributed by atoms with Crippen molar-refractivity contribution in [3.63, 3.8) is 0 Å². The van der Waals surface area contributed by atoms with Crippen molar-refractivity contribution >= 4 is 10.8 Å². The van der Waals surface area contributed by atoms with Gasteiger partial charge in [-0.2, -0.15) is 5.10 Å². The summed E-state index contributed by atoms with van der Waals surface area (Å²) in [5.74, 6) is 0. The molecule has 4 nitrogen and oxygen atoms in total. The maximum Gasteiger partial charge on any atom is 0.0769 e. The van der Waals surface area contributed by atoms with Gasteiger partial charge in [0.15, 0.2) is 0 Å². The lowest BCUT2D eigenvalue weighted by atomic mass is 9.99. The number of pyridine rings is 1. The zero-order valence-corrected chi connectivity index (χ0v) is 12.7. The number of hydrogen-bond acceptors (Lipinski definition) is 3. The zero-order valence-electron chi connectivity index (χ0n) is 12.7. The molecule has 3 rings (SSSR count). The molecule has 4 heteroatoms. The molecule has 2 aromatic heterocycles. The summed E-state index contributed by atoms with van der Waals surface area (Å²) in [5, 5.41) is 10.4. The lowest BCUT2D eigenvalue weighted by Gasteiger charge is -2.20. The van der Waals surface area contributed by atoms with E-state index in [-0.39, 0.29) is 6.04 Å². The van der Waals surface area contributed by atoms with Gasteiger partial charge in [0, 0.05) is 30.4 Å². The van der Waals surface area contributed by atoms with Gasteiger partial charge in [-0.1, -0.05) is 31.2 Å². The minimum atomic E-state index is 0.0970.